The number of nitrogens with one attached hydrogen (secondary N) is 1. The number of hydrogen-bond acceptors (Lipinski definition) is 4. The fourth-order valence-electron chi connectivity index (χ4n) is 3.73. The quantitative estimate of drug-likeness (QED) is 0.631. The molecule has 6 nitrogen and oxygen atoms in total. The van der Waals surface area contributed by atoms with E-state index < -0.39 is 11.6 Å². The van der Waals surface area contributed by atoms with Crippen molar-refractivity contribution in [2.24, 2.45) is 5.92 Å². The van der Waals surface area contributed by atoms with Gasteiger partial charge in [-0.3, -0.25) is 4.79 Å². The van der Waals surface area contributed by atoms with Gasteiger partial charge in [-0.25, -0.2) is 18.4 Å². The van der Waals surface area contributed by atoms with Crippen molar-refractivity contribution in [2.45, 2.75) is 26.3 Å². The minimum atomic E-state index is -0.521. The highest BCUT2D eigenvalue weighted by molar-refractivity contribution is 6.30. The Balaban J connectivity index is 1.41. The van der Waals surface area contributed by atoms with Crippen LogP contribution in [0.15, 0.2) is 42.7 Å². The zero-order valence-electron chi connectivity index (χ0n) is 17.0. The van der Waals surface area contributed by atoms with Crippen LogP contribution in [0.4, 0.5) is 20.4 Å². The van der Waals surface area contributed by atoms with E-state index in [1.54, 1.807) is 18.5 Å². The van der Waals surface area contributed by atoms with Gasteiger partial charge in [0, 0.05) is 36.3 Å². The highest BCUT2D eigenvalue weighted by Crippen LogP contribution is 2.25. The molecule has 9 heteroatoms. The van der Waals surface area contributed by atoms with Crippen LogP contribution in [0.2, 0.25) is 5.02 Å². The Hall–Kier alpha value is -3.00. The molecular formula is C22H22ClF2N5O. The summed E-state index contributed by atoms with van der Waals surface area (Å²) in [6.45, 7) is 3.25. The number of benzene rings is 1. The number of rotatable bonds is 5. The van der Waals surface area contributed by atoms with Crippen molar-refractivity contribution < 1.29 is 13.6 Å². The lowest BCUT2D eigenvalue weighted by atomic mass is 9.96. The highest BCUT2D eigenvalue weighted by atomic mass is 35.5. The van der Waals surface area contributed by atoms with Crippen LogP contribution in [0.25, 0.3) is 0 Å². The third-order valence-electron chi connectivity index (χ3n) is 5.49. The lowest BCUT2D eigenvalue weighted by Crippen LogP contribution is -2.38. The van der Waals surface area contributed by atoms with E-state index in [1.807, 2.05) is 13.0 Å². The van der Waals surface area contributed by atoms with E-state index in [1.165, 1.54) is 4.68 Å². The van der Waals surface area contributed by atoms with Crippen LogP contribution in [0, 0.1) is 24.5 Å². The van der Waals surface area contributed by atoms with E-state index in [0.29, 0.717) is 36.8 Å². The number of nitrogens with zero attached hydrogens (tertiary/aromatic N) is 4. The van der Waals surface area contributed by atoms with Crippen LogP contribution >= 0.6 is 11.6 Å². The number of halogens is 3. The lowest BCUT2D eigenvalue weighted by molar-refractivity contribution is -0.120. The van der Waals surface area contributed by atoms with Gasteiger partial charge in [0.15, 0.2) is 0 Å². The van der Waals surface area contributed by atoms with Gasteiger partial charge >= 0.3 is 0 Å². The van der Waals surface area contributed by atoms with E-state index >= 15 is 0 Å². The molecule has 3 heterocycles. The zero-order valence-corrected chi connectivity index (χ0v) is 17.7. The predicted molar refractivity (Wildman–Crippen MR) is 115 cm³/mol. The smallest absolute Gasteiger partial charge is 0.228 e. The standard InChI is InChI=1S/C22H22ClF2N5O/c1-14-11-27-30(13-16-10-18(24)3-4-19(16)25)21(14)28-22(31)15-6-8-29(9-7-15)20-5-2-17(23)12-26-20/h2-5,10-12,15H,6-9,13H2,1H3,(H,28,31). The summed E-state index contributed by atoms with van der Waals surface area (Å²) in [5, 5.41) is 7.75. The highest BCUT2D eigenvalue weighted by Gasteiger charge is 2.27. The van der Waals surface area contributed by atoms with Crippen LogP contribution in [0.3, 0.4) is 0 Å². The van der Waals surface area contributed by atoms with Crippen molar-refractivity contribution in [3.05, 3.63) is 70.5 Å². The van der Waals surface area contributed by atoms with Gasteiger partial charge in [0.05, 0.1) is 17.8 Å². The Morgan fingerprint density at radius 1 is 1.19 bits per heavy atom. The number of pyridine rings is 1. The second kappa shape index (κ2) is 9.01. The number of carbonyl (C=O) groups excluding carboxylic acids is 1. The molecule has 0 bridgehead atoms. The van der Waals surface area contributed by atoms with E-state index in [9.17, 15) is 13.6 Å². The van der Waals surface area contributed by atoms with Crippen LogP contribution in [-0.4, -0.2) is 33.8 Å². The Morgan fingerprint density at radius 3 is 2.68 bits per heavy atom. The SMILES string of the molecule is Cc1cnn(Cc2cc(F)ccc2F)c1NC(=O)C1CCN(c2ccc(Cl)cn2)CC1. The second-order valence-electron chi connectivity index (χ2n) is 7.65. The van der Waals surface area contributed by atoms with Crippen LogP contribution in [0.1, 0.15) is 24.0 Å². The first-order valence-electron chi connectivity index (χ1n) is 10.0. The molecule has 162 valence electrons. The van der Waals surface area contributed by atoms with E-state index in [2.05, 4.69) is 20.3 Å². The first-order chi connectivity index (χ1) is 14.9. The maximum atomic E-state index is 14.0. The number of aromatic nitrogens is 3. The predicted octanol–water partition coefficient (Wildman–Crippen LogP) is 4.42. The summed E-state index contributed by atoms with van der Waals surface area (Å²) in [4.78, 5) is 19.4. The van der Waals surface area contributed by atoms with Crippen LogP contribution < -0.4 is 10.2 Å². The second-order valence-corrected chi connectivity index (χ2v) is 8.09. The summed E-state index contributed by atoms with van der Waals surface area (Å²) in [5.41, 5.74) is 0.926. The Labute approximate surface area is 183 Å². The Bertz CT molecular complexity index is 1080. The van der Waals surface area contributed by atoms with Gasteiger partial charge in [0.25, 0.3) is 0 Å². The molecule has 2 aromatic heterocycles. The van der Waals surface area contributed by atoms with Crippen LogP contribution in [-0.2, 0) is 11.3 Å². The number of aryl methyl sites for hydroxylation is 1. The number of amides is 1. The van der Waals surface area contributed by atoms with Gasteiger partial charge in [-0.15, -0.1) is 0 Å². The Morgan fingerprint density at radius 2 is 1.97 bits per heavy atom. The molecule has 1 aromatic carbocycles. The first-order valence-corrected chi connectivity index (χ1v) is 10.4. The van der Waals surface area contributed by atoms with Crippen LogP contribution in [0.5, 0.6) is 0 Å². The summed E-state index contributed by atoms with van der Waals surface area (Å²) in [6, 6.07) is 6.97. The molecule has 0 unspecified atom stereocenters. The lowest BCUT2D eigenvalue weighted by Gasteiger charge is -2.32. The number of piperidine rings is 1. The zero-order chi connectivity index (χ0) is 22.0. The molecule has 3 aromatic rings. The van der Waals surface area contributed by atoms with Crippen molar-refractivity contribution in [1.82, 2.24) is 14.8 Å². The molecule has 0 atom stereocenters. The van der Waals surface area contributed by atoms with Gasteiger partial charge in [0.2, 0.25) is 5.91 Å². The molecule has 0 saturated carbocycles. The topological polar surface area (TPSA) is 63.1 Å². The largest absolute Gasteiger partial charge is 0.357 e. The van der Waals surface area contributed by atoms with Gasteiger partial charge in [-0.05, 0) is 50.1 Å². The molecule has 1 aliphatic rings. The summed E-state index contributed by atoms with van der Waals surface area (Å²) in [5.74, 6) is 0.0399. The van der Waals surface area contributed by atoms with Crippen molar-refractivity contribution >= 4 is 29.1 Å². The number of carbonyl (C=O) groups is 1. The van der Waals surface area contributed by atoms with Gasteiger partial charge < -0.3 is 10.2 Å². The average molecular weight is 446 g/mol. The van der Waals surface area contributed by atoms with Crippen molar-refractivity contribution in [1.29, 1.82) is 0 Å². The van der Waals surface area contributed by atoms with Gasteiger partial charge in [-0.2, -0.15) is 5.10 Å². The number of anilines is 2. The molecule has 4 rings (SSSR count). The molecule has 1 aliphatic heterocycles. The van der Waals surface area contributed by atoms with E-state index in [4.69, 9.17) is 11.6 Å². The summed E-state index contributed by atoms with van der Waals surface area (Å²) < 4.78 is 29.0. The minimum absolute atomic E-state index is 0.0216. The first kappa shape index (κ1) is 21.2. The molecule has 0 spiro atoms. The molecule has 1 N–H and O–H groups in total. The normalized spacial score (nSPS) is 14.6. The maximum Gasteiger partial charge on any atom is 0.228 e. The average Bonchev–Trinajstić information content (AvgIpc) is 3.10. The van der Waals surface area contributed by atoms with Crippen molar-refractivity contribution in [2.75, 3.05) is 23.3 Å². The Kier molecular flexibility index (Phi) is 6.18. The van der Waals surface area contributed by atoms with Crippen molar-refractivity contribution in [3.8, 4) is 0 Å². The number of hydrogen-bond donors (Lipinski definition) is 1. The molecule has 1 fully saturated rings. The fraction of sp³-hybridized carbons (Fsp3) is 0.318. The third kappa shape index (κ3) is 4.85. The molecular weight excluding hydrogens is 424 g/mol. The summed E-state index contributed by atoms with van der Waals surface area (Å²) in [7, 11) is 0. The van der Waals surface area contributed by atoms with Crippen molar-refractivity contribution in [3.63, 3.8) is 0 Å². The molecule has 31 heavy (non-hydrogen) atoms. The summed E-state index contributed by atoms with van der Waals surface area (Å²) in [6.07, 6.45) is 4.58. The molecule has 0 radical (unpaired) electrons. The van der Waals surface area contributed by atoms with Gasteiger partial charge in [0.1, 0.15) is 23.3 Å². The molecule has 0 aliphatic carbocycles. The third-order valence-corrected chi connectivity index (χ3v) is 5.72. The fourth-order valence-corrected chi connectivity index (χ4v) is 3.84. The monoisotopic (exact) mass is 445 g/mol. The van der Waals surface area contributed by atoms with E-state index in [-0.39, 0.29) is 23.9 Å². The molecule has 1 amide bonds. The molecule has 1 saturated heterocycles. The summed E-state index contributed by atoms with van der Waals surface area (Å²) >= 11 is 5.90. The maximum absolute atomic E-state index is 14.0. The van der Waals surface area contributed by atoms with E-state index in [0.717, 1.165) is 29.6 Å². The minimum Gasteiger partial charge on any atom is -0.357 e. The van der Waals surface area contributed by atoms with Gasteiger partial charge in [-0.1, -0.05) is 11.6 Å².